The van der Waals surface area contributed by atoms with E-state index in [2.05, 4.69) is 5.32 Å². The third-order valence-electron chi connectivity index (χ3n) is 4.78. The van der Waals surface area contributed by atoms with Crippen LogP contribution in [0.1, 0.15) is 35.3 Å². The van der Waals surface area contributed by atoms with E-state index in [-0.39, 0.29) is 24.3 Å². The quantitative estimate of drug-likeness (QED) is 0.672. The largest absolute Gasteiger partial charge is 0.506 e. The number of aryl methyl sites for hydroxylation is 1. The predicted molar refractivity (Wildman–Crippen MR) is 109 cm³/mol. The number of para-hydroxylation sites is 1. The van der Waals surface area contributed by atoms with Crippen LogP contribution in [-0.4, -0.2) is 22.7 Å². The fourth-order valence-electron chi connectivity index (χ4n) is 3.22. The predicted octanol–water partition coefficient (Wildman–Crippen LogP) is 3.12. The molecule has 1 amide bonds. The normalized spacial score (nSPS) is 11.6. The number of aromatic nitrogens is 1. The summed E-state index contributed by atoms with van der Waals surface area (Å²) in [5.41, 5.74) is 0.340. The van der Waals surface area contributed by atoms with Gasteiger partial charge in [-0.3, -0.25) is 9.59 Å². The van der Waals surface area contributed by atoms with Gasteiger partial charge in [-0.25, -0.2) is 0 Å². The second-order valence-electron chi connectivity index (χ2n) is 6.57. The lowest BCUT2D eigenvalue weighted by molar-refractivity contribution is 0.0935. The maximum absolute atomic E-state index is 13.0. The van der Waals surface area contributed by atoms with E-state index in [1.807, 2.05) is 18.2 Å². The molecule has 3 aromatic rings. The second kappa shape index (κ2) is 8.48. The van der Waals surface area contributed by atoms with E-state index in [0.29, 0.717) is 16.7 Å². The van der Waals surface area contributed by atoms with Crippen molar-refractivity contribution in [1.29, 1.82) is 5.26 Å². The molecule has 2 N–H and O–H groups in total. The summed E-state index contributed by atoms with van der Waals surface area (Å²) < 4.78 is 6.48. The van der Waals surface area contributed by atoms with Gasteiger partial charge < -0.3 is 19.7 Å². The third-order valence-corrected chi connectivity index (χ3v) is 4.78. The summed E-state index contributed by atoms with van der Waals surface area (Å²) in [5.74, 6) is -0.342. The number of aromatic hydroxyl groups is 1. The molecule has 0 saturated carbocycles. The van der Waals surface area contributed by atoms with Gasteiger partial charge in [0, 0.05) is 11.9 Å². The number of nitrogens with zero attached hydrogens (tertiary/aromatic N) is 2. The van der Waals surface area contributed by atoms with Crippen molar-refractivity contribution >= 4 is 16.8 Å². The number of carbonyl (C=O) groups is 1. The zero-order valence-corrected chi connectivity index (χ0v) is 16.2. The van der Waals surface area contributed by atoms with Gasteiger partial charge >= 0.3 is 0 Å². The van der Waals surface area contributed by atoms with Crippen molar-refractivity contribution in [3.63, 3.8) is 0 Å². The maximum Gasteiger partial charge on any atom is 0.267 e. The molecule has 0 aliphatic rings. The second-order valence-corrected chi connectivity index (χ2v) is 6.57. The van der Waals surface area contributed by atoms with Gasteiger partial charge in [-0.2, -0.15) is 5.26 Å². The molecule has 1 aromatic heterocycles. The minimum absolute atomic E-state index is 0.109. The first-order chi connectivity index (χ1) is 14.0. The molecule has 1 atom stereocenters. The Balaban J connectivity index is 2.00. The molecular formula is C22H21N3O4. The summed E-state index contributed by atoms with van der Waals surface area (Å²) in [7, 11) is 1.57. The molecule has 0 aliphatic carbocycles. The van der Waals surface area contributed by atoms with Crippen LogP contribution in [0.5, 0.6) is 11.5 Å². The number of benzene rings is 2. The first-order valence-electron chi connectivity index (χ1n) is 9.14. The molecule has 7 heteroatoms. The van der Waals surface area contributed by atoms with Crippen LogP contribution in [0.4, 0.5) is 0 Å². The highest BCUT2D eigenvalue weighted by Crippen LogP contribution is 2.27. The number of nitriles is 1. The van der Waals surface area contributed by atoms with Crippen LogP contribution < -0.4 is 15.6 Å². The summed E-state index contributed by atoms with van der Waals surface area (Å²) >= 11 is 0. The first-order valence-corrected chi connectivity index (χ1v) is 9.14. The Morgan fingerprint density at radius 2 is 1.93 bits per heavy atom. The number of carbonyl (C=O) groups excluding carboxylic acids is 1. The van der Waals surface area contributed by atoms with Gasteiger partial charge in [-0.15, -0.1) is 0 Å². The van der Waals surface area contributed by atoms with Crippen molar-refractivity contribution in [2.24, 2.45) is 0 Å². The Kier molecular flexibility index (Phi) is 5.84. The van der Waals surface area contributed by atoms with Gasteiger partial charge in [-0.1, -0.05) is 24.3 Å². The number of amides is 1. The van der Waals surface area contributed by atoms with Gasteiger partial charge in [0.1, 0.15) is 17.1 Å². The Morgan fingerprint density at radius 1 is 1.24 bits per heavy atom. The smallest absolute Gasteiger partial charge is 0.267 e. The molecule has 0 fully saturated rings. The average molecular weight is 391 g/mol. The lowest BCUT2D eigenvalue weighted by Crippen LogP contribution is -2.34. The van der Waals surface area contributed by atoms with Crippen LogP contribution in [0.2, 0.25) is 0 Å². The Labute approximate surface area is 167 Å². The number of hydrogen-bond donors (Lipinski definition) is 2. The van der Waals surface area contributed by atoms with Crippen molar-refractivity contribution < 1.29 is 14.6 Å². The van der Waals surface area contributed by atoms with Crippen molar-refractivity contribution in [2.75, 3.05) is 7.11 Å². The van der Waals surface area contributed by atoms with Crippen LogP contribution in [0.15, 0.2) is 53.3 Å². The topological polar surface area (TPSA) is 104 Å². The fraction of sp³-hybridized carbons (Fsp3) is 0.227. The lowest BCUT2D eigenvalue weighted by Gasteiger charge is -2.17. The summed E-state index contributed by atoms with van der Waals surface area (Å²) in [6.45, 7) is 1.91. The van der Waals surface area contributed by atoms with E-state index in [4.69, 9.17) is 10.00 Å². The third kappa shape index (κ3) is 3.92. The average Bonchev–Trinajstić information content (AvgIpc) is 2.73. The molecule has 0 bridgehead atoms. The monoisotopic (exact) mass is 391 g/mol. The van der Waals surface area contributed by atoms with Crippen LogP contribution in [0, 0.1) is 11.3 Å². The minimum Gasteiger partial charge on any atom is -0.506 e. The first kappa shape index (κ1) is 20.0. The SMILES string of the molecule is COc1ccc([C@@H](C)NC(=O)c2c(O)c3ccccc3n(CCC#N)c2=O)cc1. The fourth-order valence-corrected chi connectivity index (χ4v) is 3.22. The van der Waals surface area contributed by atoms with E-state index in [9.17, 15) is 14.7 Å². The van der Waals surface area contributed by atoms with E-state index in [1.165, 1.54) is 4.57 Å². The van der Waals surface area contributed by atoms with E-state index >= 15 is 0 Å². The van der Waals surface area contributed by atoms with Gasteiger partial charge in [0.15, 0.2) is 0 Å². The number of rotatable bonds is 6. The highest BCUT2D eigenvalue weighted by molar-refractivity contribution is 6.02. The van der Waals surface area contributed by atoms with Gasteiger partial charge in [0.25, 0.3) is 11.5 Å². The Bertz CT molecular complexity index is 1140. The molecule has 29 heavy (non-hydrogen) atoms. The molecule has 0 radical (unpaired) electrons. The van der Waals surface area contributed by atoms with Gasteiger partial charge in [-0.05, 0) is 36.8 Å². The van der Waals surface area contributed by atoms with E-state index in [0.717, 1.165) is 5.56 Å². The molecule has 0 aliphatic heterocycles. The number of fused-ring (bicyclic) bond motifs is 1. The summed E-state index contributed by atoms with van der Waals surface area (Å²) in [6, 6.07) is 15.5. The van der Waals surface area contributed by atoms with Crippen LogP contribution >= 0.6 is 0 Å². The Morgan fingerprint density at radius 3 is 2.59 bits per heavy atom. The highest BCUT2D eigenvalue weighted by Gasteiger charge is 2.23. The van der Waals surface area contributed by atoms with E-state index < -0.39 is 17.5 Å². The minimum atomic E-state index is -0.674. The van der Waals surface area contributed by atoms with Crippen LogP contribution in [-0.2, 0) is 6.54 Å². The molecule has 1 heterocycles. The van der Waals surface area contributed by atoms with Gasteiger partial charge in [0.05, 0.1) is 31.2 Å². The number of methoxy groups -OCH3 is 1. The van der Waals surface area contributed by atoms with Gasteiger partial charge in [0.2, 0.25) is 0 Å². The number of nitrogens with one attached hydrogen (secondary N) is 1. The van der Waals surface area contributed by atoms with Crippen molar-refractivity contribution in [3.8, 4) is 17.6 Å². The molecule has 3 rings (SSSR count). The maximum atomic E-state index is 13.0. The molecular weight excluding hydrogens is 370 g/mol. The molecule has 7 nitrogen and oxygen atoms in total. The summed E-state index contributed by atoms with van der Waals surface area (Å²) in [4.78, 5) is 25.9. The van der Waals surface area contributed by atoms with Crippen molar-refractivity contribution in [3.05, 3.63) is 70.0 Å². The number of pyridine rings is 1. The Hall–Kier alpha value is -3.79. The molecule has 0 saturated heterocycles. The number of hydrogen-bond acceptors (Lipinski definition) is 5. The standard InChI is InChI=1S/C22H21N3O4/c1-14(15-8-10-16(29-2)11-9-15)24-21(27)19-20(26)17-6-3-4-7-18(17)25(22(19)28)13-5-12-23/h3-4,6-11,14,26H,5,13H2,1-2H3,(H,24,27)/t14-/m1/s1. The molecule has 148 valence electrons. The van der Waals surface area contributed by atoms with Crippen LogP contribution in [0.3, 0.4) is 0 Å². The zero-order valence-electron chi connectivity index (χ0n) is 16.2. The summed E-state index contributed by atoms with van der Waals surface area (Å²) in [6.07, 6.45) is 0.109. The van der Waals surface area contributed by atoms with Crippen molar-refractivity contribution in [2.45, 2.75) is 25.9 Å². The lowest BCUT2D eigenvalue weighted by atomic mass is 10.1. The summed E-state index contributed by atoms with van der Waals surface area (Å²) in [5, 5.41) is 22.7. The van der Waals surface area contributed by atoms with Crippen molar-refractivity contribution in [1.82, 2.24) is 9.88 Å². The molecule has 0 spiro atoms. The highest BCUT2D eigenvalue weighted by atomic mass is 16.5. The zero-order chi connectivity index (χ0) is 21.0. The molecule has 2 aromatic carbocycles. The van der Waals surface area contributed by atoms with Crippen LogP contribution in [0.25, 0.3) is 10.9 Å². The molecule has 0 unspecified atom stereocenters. The van der Waals surface area contributed by atoms with E-state index in [1.54, 1.807) is 50.4 Å². The number of ether oxygens (including phenoxy) is 1.